The number of aryl methyl sites for hydroxylation is 1. The van der Waals surface area contributed by atoms with Crippen LogP contribution in [-0.2, 0) is 13.0 Å². The summed E-state index contributed by atoms with van der Waals surface area (Å²) in [6, 6.07) is 14.1. The summed E-state index contributed by atoms with van der Waals surface area (Å²) in [6.45, 7) is 2.99. The van der Waals surface area contributed by atoms with Gasteiger partial charge in [0.25, 0.3) is 0 Å². The number of hydrogen-bond donors (Lipinski definition) is 2. The van der Waals surface area contributed by atoms with Gasteiger partial charge in [0.05, 0.1) is 0 Å². The zero-order chi connectivity index (χ0) is 15.1. The topological polar surface area (TPSA) is 41.1 Å². The zero-order valence-electron chi connectivity index (χ0n) is 12.0. The standard InChI is InChI=1S/C17H19FN2O/c1-13-5-2-3-7-15(13)12-20-17(21)19-10-9-14-6-4-8-16(18)11-14/h2-8,11H,9-10,12H2,1H3,(H2,19,20,21). The SMILES string of the molecule is Cc1ccccc1CNC(=O)NCCc1cccc(F)c1. The van der Waals surface area contributed by atoms with Gasteiger partial charge in [0.2, 0.25) is 0 Å². The molecular formula is C17H19FN2O. The first-order valence-corrected chi connectivity index (χ1v) is 6.96. The average molecular weight is 286 g/mol. The Bertz CT molecular complexity index is 613. The summed E-state index contributed by atoms with van der Waals surface area (Å²) in [5, 5.41) is 5.58. The van der Waals surface area contributed by atoms with Gasteiger partial charge in [0.1, 0.15) is 5.82 Å². The summed E-state index contributed by atoms with van der Waals surface area (Å²) in [7, 11) is 0. The second-order valence-electron chi connectivity index (χ2n) is 4.92. The molecule has 0 aliphatic carbocycles. The number of hydrogen-bond acceptors (Lipinski definition) is 1. The Morgan fingerprint density at radius 1 is 1.10 bits per heavy atom. The number of urea groups is 1. The van der Waals surface area contributed by atoms with Crippen molar-refractivity contribution in [2.45, 2.75) is 19.9 Å². The fraction of sp³-hybridized carbons (Fsp3) is 0.235. The molecule has 0 saturated carbocycles. The number of halogens is 1. The van der Waals surface area contributed by atoms with Crippen molar-refractivity contribution in [2.24, 2.45) is 0 Å². The van der Waals surface area contributed by atoms with Gasteiger partial charge in [0.15, 0.2) is 0 Å². The first kappa shape index (κ1) is 15.0. The normalized spacial score (nSPS) is 10.2. The molecule has 2 N–H and O–H groups in total. The summed E-state index contributed by atoms with van der Waals surface area (Å²) >= 11 is 0. The molecule has 0 atom stereocenters. The maximum absolute atomic E-state index is 13.0. The molecule has 0 aliphatic rings. The van der Waals surface area contributed by atoms with Crippen LogP contribution in [0.2, 0.25) is 0 Å². The van der Waals surface area contributed by atoms with Crippen LogP contribution in [-0.4, -0.2) is 12.6 Å². The molecule has 0 saturated heterocycles. The number of amides is 2. The number of benzene rings is 2. The van der Waals surface area contributed by atoms with Crippen LogP contribution in [0.4, 0.5) is 9.18 Å². The van der Waals surface area contributed by atoms with Crippen molar-refractivity contribution in [1.29, 1.82) is 0 Å². The molecule has 2 aromatic carbocycles. The van der Waals surface area contributed by atoms with E-state index in [1.165, 1.54) is 12.1 Å². The van der Waals surface area contributed by atoms with Crippen LogP contribution in [0, 0.1) is 12.7 Å². The van der Waals surface area contributed by atoms with Gasteiger partial charge in [-0.1, -0.05) is 36.4 Å². The third-order valence-electron chi connectivity index (χ3n) is 3.29. The third-order valence-corrected chi connectivity index (χ3v) is 3.29. The smallest absolute Gasteiger partial charge is 0.315 e. The zero-order valence-corrected chi connectivity index (χ0v) is 12.0. The Morgan fingerprint density at radius 2 is 1.90 bits per heavy atom. The van der Waals surface area contributed by atoms with E-state index < -0.39 is 0 Å². The summed E-state index contributed by atoms with van der Waals surface area (Å²) in [5.41, 5.74) is 3.12. The molecular weight excluding hydrogens is 267 g/mol. The van der Waals surface area contributed by atoms with Crippen LogP contribution >= 0.6 is 0 Å². The van der Waals surface area contributed by atoms with Gasteiger partial charge in [-0.2, -0.15) is 0 Å². The molecule has 2 rings (SSSR count). The van der Waals surface area contributed by atoms with Crippen molar-refractivity contribution >= 4 is 6.03 Å². The van der Waals surface area contributed by atoms with Crippen molar-refractivity contribution in [3.8, 4) is 0 Å². The van der Waals surface area contributed by atoms with Crippen molar-refractivity contribution in [2.75, 3.05) is 6.54 Å². The lowest BCUT2D eigenvalue weighted by Crippen LogP contribution is -2.36. The van der Waals surface area contributed by atoms with E-state index in [0.29, 0.717) is 19.5 Å². The van der Waals surface area contributed by atoms with Gasteiger partial charge in [-0.05, 0) is 42.2 Å². The maximum atomic E-state index is 13.0. The van der Waals surface area contributed by atoms with Gasteiger partial charge in [-0.3, -0.25) is 0 Å². The molecule has 110 valence electrons. The molecule has 0 heterocycles. The molecule has 4 heteroatoms. The van der Waals surface area contributed by atoms with Crippen LogP contribution in [0.5, 0.6) is 0 Å². The molecule has 0 radical (unpaired) electrons. The van der Waals surface area contributed by atoms with Crippen molar-refractivity contribution in [3.05, 3.63) is 71.0 Å². The first-order valence-electron chi connectivity index (χ1n) is 6.96. The van der Waals surface area contributed by atoms with E-state index in [9.17, 15) is 9.18 Å². The van der Waals surface area contributed by atoms with E-state index >= 15 is 0 Å². The highest BCUT2D eigenvalue weighted by atomic mass is 19.1. The minimum absolute atomic E-state index is 0.213. The fourth-order valence-electron chi connectivity index (χ4n) is 2.06. The Morgan fingerprint density at radius 3 is 2.67 bits per heavy atom. The lowest BCUT2D eigenvalue weighted by Gasteiger charge is -2.09. The molecule has 0 aromatic heterocycles. The Kier molecular flexibility index (Phi) is 5.32. The summed E-state index contributed by atoms with van der Waals surface area (Å²) < 4.78 is 13.0. The molecule has 0 spiro atoms. The molecule has 0 fully saturated rings. The number of rotatable bonds is 5. The second kappa shape index (κ2) is 7.43. The monoisotopic (exact) mass is 286 g/mol. The molecule has 21 heavy (non-hydrogen) atoms. The predicted molar refractivity (Wildman–Crippen MR) is 81.5 cm³/mol. The van der Waals surface area contributed by atoms with Crippen molar-refractivity contribution in [3.63, 3.8) is 0 Å². The van der Waals surface area contributed by atoms with Crippen LogP contribution < -0.4 is 10.6 Å². The van der Waals surface area contributed by atoms with Crippen LogP contribution in [0.25, 0.3) is 0 Å². The van der Waals surface area contributed by atoms with Gasteiger partial charge in [0, 0.05) is 13.1 Å². The van der Waals surface area contributed by atoms with Crippen molar-refractivity contribution < 1.29 is 9.18 Å². The minimum atomic E-state index is -0.253. The van der Waals surface area contributed by atoms with E-state index in [-0.39, 0.29) is 11.8 Å². The Hall–Kier alpha value is -2.36. The largest absolute Gasteiger partial charge is 0.338 e. The summed E-state index contributed by atoms with van der Waals surface area (Å²) in [4.78, 5) is 11.7. The second-order valence-corrected chi connectivity index (χ2v) is 4.92. The number of nitrogens with one attached hydrogen (secondary N) is 2. The van der Waals surface area contributed by atoms with Gasteiger partial charge >= 0.3 is 6.03 Å². The molecule has 0 aliphatic heterocycles. The minimum Gasteiger partial charge on any atom is -0.338 e. The number of carbonyl (C=O) groups is 1. The first-order chi connectivity index (χ1) is 10.1. The lowest BCUT2D eigenvalue weighted by atomic mass is 10.1. The third kappa shape index (κ3) is 4.91. The molecule has 3 nitrogen and oxygen atoms in total. The summed E-state index contributed by atoms with van der Waals surface area (Å²) in [6.07, 6.45) is 0.607. The Balaban J connectivity index is 1.72. The van der Waals surface area contributed by atoms with Crippen LogP contribution in [0.15, 0.2) is 48.5 Å². The molecule has 2 amide bonds. The van der Waals surface area contributed by atoms with Crippen molar-refractivity contribution in [1.82, 2.24) is 10.6 Å². The highest BCUT2D eigenvalue weighted by Crippen LogP contribution is 2.06. The molecule has 0 unspecified atom stereocenters. The van der Waals surface area contributed by atoms with Crippen LogP contribution in [0.3, 0.4) is 0 Å². The predicted octanol–water partition coefficient (Wildman–Crippen LogP) is 3.18. The number of carbonyl (C=O) groups excluding carboxylic acids is 1. The Labute approximate surface area is 124 Å². The lowest BCUT2D eigenvalue weighted by molar-refractivity contribution is 0.240. The molecule has 2 aromatic rings. The van der Waals surface area contributed by atoms with E-state index in [1.54, 1.807) is 6.07 Å². The van der Waals surface area contributed by atoms with E-state index in [0.717, 1.165) is 16.7 Å². The van der Waals surface area contributed by atoms with E-state index in [1.807, 2.05) is 37.3 Å². The van der Waals surface area contributed by atoms with E-state index in [2.05, 4.69) is 10.6 Å². The van der Waals surface area contributed by atoms with Gasteiger partial charge in [-0.25, -0.2) is 9.18 Å². The van der Waals surface area contributed by atoms with E-state index in [4.69, 9.17) is 0 Å². The average Bonchev–Trinajstić information content (AvgIpc) is 2.46. The highest BCUT2D eigenvalue weighted by molar-refractivity contribution is 5.73. The molecule has 0 bridgehead atoms. The highest BCUT2D eigenvalue weighted by Gasteiger charge is 2.02. The maximum Gasteiger partial charge on any atom is 0.315 e. The van der Waals surface area contributed by atoms with Gasteiger partial charge < -0.3 is 10.6 Å². The summed E-state index contributed by atoms with van der Waals surface area (Å²) in [5.74, 6) is -0.253. The fourth-order valence-corrected chi connectivity index (χ4v) is 2.06. The van der Waals surface area contributed by atoms with Gasteiger partial charge in [-0.15, -0.1) is 0 Å². The quantitative estimate of drug-likeness (QED) is 0.871. The van der Waals surface area contributed by atoms with Crippen LogP contribution in [0.1, 0.15) is 16.7 Å².